The first kappa shape index (κ1) is 60.4. The molecule has 0 aliphatic heterocycles. The topological polar surface area (TPSA) is 89.6 Å². The van der Waals surface area contributed by atoms with Gasteiger partial charge >= 0.3 is 12.2 Å². The van der Waals surface area contributed by atoms with Gasteiger partial charge in [0.25, 0.3) is 0 Å². The Hall–Kier alpha value is -1.58. The van der Waals surface area contributed by atoms with E-state index in [0.29, 0.717) is 18.6 Å². The Labute approximate surface area is 386 Å². The fourth-order valence-corrected chi connectivity index (χ4v) is 8.42. The van der Waals surface area contributed by atoms with Crippen molar-refractivity contribution in [2.75, 3.05) is 52.6 Å². The third kappa shape index (κ3) is 41.1. The number of rotatable bonds is 47. The van der Waals surface area contributed by atoms with Crippen LogP contribution in [0.1, 0.15) is 261 Å². The van der Waals surface area contributed by atoms with Crippen LogP contribution in [0.25, 0.3) is 0 Å². The Balaban J connectivity index is 4.41. The fraction of sp³-hybridized carbons (Fsp3) is 0.962. The summed E-state index contributed by atoms with van der Waals surface area (Å²) < 4.78 is 22.8. The molecule has 0 radical (unpaired) electrons. The molecule has 0 fully saturated rings. The van der Waals surface area contributed by atoms with Gasteiger partial charge in [-0.1, -0.05) is 206 Å². The third-order valence-electron chi connectivity index (χ3n) is 12.3. The summed E-state index contributed by atoms with van der Waals surface area (Å²) in [6, 6.07) is 0.820. The van der Waals surface area contributed by atoms with E-state index in [1.165, 1.54) is 180 Å². The first-order valence-electron chi connectivity index (χ1n) is 26.9. The Morgan fingerprint density at radius 3 is 1.06 bits per heavy atom. The fourth-order valence-electron chi connectivity index (χ4n) is 8.42. The van der Waals surface area contributed by atoms with Crippen LogP contribution in [0.15, 0.2) is 0 Å². The molecule has 0 heterocycles. The molecule has 0 rings (SSSR count). The van der Waals surface area contributed by atoms with Crippen molar-refractivity contribution in [1.29, 1.82) is 0 Å². The SMILES string of the molecule is CCCCCCCCCCCCCCCCCCN(CCCCCCCCCCCCCCCCCC)C(=O)OCCOC(C)(C)OCCOC(=O)NCCN(C(C)C)C(C)C. The molecule has 0 aromatic rings. The van der Waals surface area contributed by atoms with E-state index in [-0.39, 0.29) is 32.5 Å². The van der Waals surface area contributed by atoms with Crippen LogP contribution in [-0.2, 0) is 18.9 Å². The number of nitrogens with one attached hydrogen (secondary N) is 1. The molecule has 0 unspecified atom stereocenters. The molecular formula is C53H107N3O6. The highest BCUT2D eigenvalue weighted by Gasteiger charge is 2.21. The van der Waals surface area contributed by atoms with Crippen molar-refractivity contribution in [3.05, 3.63) is 0 Å². The summed E-state index contributed by atoms with van der Waals surface area (Å²) >= 11 is 0. The average molecular weight is 882 g/mol. The smallest absolute Gasteiger partial charge is 0.409 e. The maximum atomic E-state index is 13.3. The number of carbonyl (C=O) groups is 2. The lowest BCUT2D eigenvalue weighted by Gasteiger charge is -2.30. The summed E-state index contributed by atoms with van der Waals surface area (Å²) in [6.45, 7) is 20.4. The van der Waals surface area contributed by atoms with Crippen molar-refractivity contribution in [2.24, 2.45) is 0 Å². The van der Waals surface area contributed by atoms with Crippen LogP contribution in [-0.4, -0.2) is 92.5 Å². The van der Waals surface area contributed by atoms with Crippen LogP contribution >= 0.6 is 0 Å². The zero-order valence-electron chi connectivity index (χ0n) is 42.8. The van der Waals surface area contributed by atoms with Crippen LogP contribution in [0.3, 0.4) is 0 Å². The van der Waals surface area contributed by atoms with Gasteiger partial charge in [-0.3, -0.25) is 4.90 Å². The standard InChI is InChI=1S/C53H107N3O6/c1-9-11-13-15-17-19-21-23-25-27-29-31-33-35-37-39-42-55(43-40-38-36-34-32-30-28-26-24-22-20-18-16-14-12-10-2)52(58)60-46-48-62-53(7,8)61-47-45-59-51(57)54-41-44-56(49(3)4)50(5)6/h49-50H,9-48H2,1-8H3,(H,54,57). The molecule has 9 heteroatoms. The van der Waals surface area contributed by atoms with E-state index >= 15 is 0 Å². The second-order valence-electron chi connectivity index (χ2n) is 19.3. The molecule has 62 heavy (non-hydrogen) atoms. The van der Waals surface area contributed by atoms with E-state index in [2.05, 4.69) is 51.8 Å². The lowest BCUT2D eigenvalue weighted by molar-refractivity contribution is -0.220. The second-order valence-corrected chi connectivity index (χ2v) is 19.3. The minimum absolute atomic E-state index is 0.124. The lowest BCUT2D eigenvalue weighted by atomic mass is 10.0. The monoisotopic (exact) mass is 882 g/mol. The van der Waals surface area contributed by atoms with E-state index in [9.17, 15) is 9.59 Å². The predicted molar refractivity (Wildman–Crippen MR) is 264 cm³/mol. The van der Waals surface area contributed by atoms with Gasteiger partial charge in [0.2, 0.25) is 0 Å². The van der Waals surface area contributed by atoms with Crippen molar-refractivity contribution in [3.63, 3.8) is 0 Å². The summed E-state index contributed by atoms with van der Waals surface area (Å²) in [5.41, 5.74) is 0. The Kier molecular flexibility index (Phi) is 43.5. The van der Waals surface area contributed by atoms with Gasteiger partial charge in [-0.25, -0.2) is 9.59 Å². The van der Waals surface area contributed by atoms with Crippen LogP contribution in [0.2, 0.25) is 0 Å². The van der Waals surface area contributed by atoms with E-state index in [0.717, 1.165) is 45.3 Å². The molecule has 0 saturated heterocycles. The molecule has 9 nitrogen and oxygen atoms in total. The van der Waals surface area contributed by atoms with Crippen molar-refractivity contribution >= 4 is 12.2 Å². The quantitative estimate of drug-likeness (QED) is 0.0481. The number of unbranched alkanes of at least 4 members (excludes halogenated alkanes) is 30. The highest BCUT2D eigenvalue weighted by atomic mass is 16.7. The summed E-state index contributed by atoms with van der Waals surface area (Å²) in [7, 11) is 0. The number of hydrogen-bond donors (Lipinski definition) is 1. The molecule has 0 aliphatic rings. The molecule has 0 aliphatic carbocycles. The number of hydrogen-bond acceptors (Lipinski definition) is 7. The number of alkyl carbamates (subject to hydrolysis) is 1. The zero-order chi connectivity index (χ0) is 45.8. The van der Waals surface area contributed by atoms with Gasteiger partial charge in [-0.05, 0) is 54.4 Å². The maximum Gasteiger partial charge on any atom is 0.409 e. The van der Waals surface area contributed by atoms with Crippen molar-refractivity contribution in [1.82, 2.24) is 15.1 Å². The summed E-state index contributed by atoms with van der Waals surface area (Å²) in [5.74, 6) is -0.901. The van der Waals surface area contributed by atoms with Gasteiger partial charge in [0.05, 0.1) is 13.2 Å². The molecule has 0 aromatic carbocycles. The molecule has 0 aromatic heterocycles. The first-order chi connectivity index (χ1) is 30.0. The van der Waals surface area contributed by atoms with Crippen LogP contribution in [0.4, 0.5) is 9.59 Å². The van der Waals surface area contributed by atoms with E-state index < -0.39 is 11.9 Å². The van der Waals surface area contributed by atoms with Crippen molar-refractivity contribution < 1.29 is 28.5 Å². The number of nitrogens with zero attached hydrogens (tertiary/aromatic N) is 2. The van der Waals surface area contributed by atoms with Crippen LogP contribution in [0.5, 0.6) is 0 Å². The predicted octanol–water partition coefficient (Wildman–Crippen LogP) is 15.6. The largest absolute Gasteiger partial charge is 0.447 e. The van der Waals surface area contributed by atoms with Gasteiger partial charge in [-0.15, -0.1) is 0 Å². The van der Waals surface area contributed by atoms with Gasteiger partial charge in [0.15, 0.2) is 5.79 Å². The second kappa shape index (κ2) is 44.6. The highest BCUT2D eigenvalue weighted by molar-refractivity contribution is 5.67. The molecule has 0 saturated carbocycles. The molecule has 0 bridgehead atoms. The Morgan fingerprint density at radius 1 is 0.435 bits per heavy atom. The molecule has 0 atom stereocenters. The minimum Gasteiger partial charge on any atom is -0.447 e. The summed E-state index contributed by atoms with van der Waals surface area (Å²) in [4.78, 5) is 29.7. The van der Waals surface area contributed by atoms with Crippen LogP contribution < -0.4 is 5.32 Å². The van der Waals surface area contributed by atoms with E-state index in [4.69, 9.17) is 18.9 Å². The van der Waals surface area contributed by atoms with Crippen molar-refractivity contribution in [2.45, 2.75) is 279 Å². The van der Waals surface area contributed by atoms with Gasteiger partial charge in [0.1, 0.15) is 13.2 Å². The lowest BCUT2D eigenvalue weighted by Crippen LogP contribution is -2.42. The first-order valence-corrected chi connectivity index (χ1v) is 26.9. The van der Waals surface area contributed by atoms with E-state index in [1.807, 2.05) is 18.7 Å². The third-order valence-corrected chi connectivity index (χ3v) is 12.3. The zero-order valence-corrected chi connectivity index (χ0v) is 42.8. The number of ether oxygens (including phenoxy) is 4. The van der Waals surface area contributed by atoms with E-state index in [1.54, 1.807) is 0 Å². The summed E-state index contributed by atoms with van der Waals surface area (Å²) in [6.07, 6.45) is 42.2. The number of carbonyl (C=O) groups excluding carboxylic acids is 2. The van der Waals surface area contributed by atoms with Gasteiger partial charge < -0.3 is 29.2 Å². The summed E-state index contributed by atoms with van der Waals surface area (Å²) in [5, 5.41) is 2.82. The Bertz CT molecular complexity index is 920. The molecule has 2 amide bonds. The average Bonchev–Trinajstić information content (AvgIpc) is 3.24. The minimum atomic E-state index is -0.901. The maximum absolute atomic E-state index is 13.3. The van der Waals surface area contributed by atoms with Gasteiger partial charge in [0, 0.05) is 38.3 Å². The molecule has 1 N–H and O–H groups in total. The molecule has 370 valence electrons. The molecular weight excluding hydrogens is 775 g/mol. The van der Waals surface area contributed by atoms with Crippen LogP contribution in [0, 0.1) is 0 Å². The molecule has 0 spiro atoms. The highest BCUT2D eigenvalue weighted by Crippen LogP contribution is 2.17. The van der Waals surface area contributed by atoms with Crippen molar-refractivity contribution in [3.8, 4) is 0 Å². The number of amides is 2. The normalized spacial score (nSPS) is 11.9. The van der Waals surface area contributed by atoms with Gasteiger partial charge in [-0.2, -0.15) is 0 Å². The Morgan fingerprint density at radius 2 is 0.742 bits per heavy atom.